The number of aliphatic hydroxyl groups is 1. The van der Waals surface area contributed by atoms with Crippen LogP contribution in [0.15, 0.2) is 6.07 Å². The van der Waals surface area contributed by atoms with Crippen molar-refractivity contribution in [2.75, 3.05) is 13.2 Å². The minimum absolute atomic E-state index is 0.211. The monoisotopic (exact) mass is 293 g/mol. The zero-order valence-corrected chi connectivity index (χ0v) is 12.1. The molecule has 0 aliphatic heterocycles. The van der Waals surface area contributed by atoms with Crippen LogP contribution >= 0.6 is 34.5 Å². The molecule has 0 saturated heterocycles. The number of hydrogen-bond acceptors (Lipinski definition) is 3. The third kappa shape index (κ3) is 3.36. The zero-order chi connectivity index (χ0) is 12.5. The number of hydrogen-bond donors (Lipinski definition) is 2. The van der Waals surface area contributed by atoms with Crippen LogP contribution in [0.3, 0.4) is 0 Å². The van der Waals surface area contributed by atoms with Crippen molar-refractivity contribution in [2.45, 2.75) is 32.2 Å². The molecule has 1 heterocycles. The van der Waals surface area contributed by atoms with Crippen molar-refractivity contribution in [1.29, 1.82) is 0 Å². The van der Waals surface area contributed by atoms with Crippen LogP contribution in [-0.2, 0) is 0 Å². The second kappa shape index (κ2) is 5.45. The van der Waals surface area contributed by atoms with E-state index in [1.165, 1.54) is 24.2 Å². The lowest BCUT2D eigenvalue weighted by Gasteiger charge is -2.19. The Labute approximate surface area is 116 Å². The topological polar surface area (TPSA) is 32.3 Å². The fraction of sp³-hybridized carbons (Fsp3) is 0.667. The van der Waals surface area contributed by atoms with Crippen LogP contribution in [0, 0.1) is 5.41 Å². The van der Waals surface area contributed by atoms with Crippen molar-refractivity contribution in [3.05, 3.63) is 20.3 Å². The minimum Gasteiger partial charge on any atom is -0.396 e. The Balaban J connectivity index is 1.89. The summed E-state index contributed by atoms with van der Waals surface area (Å²) in [5.74, 6) is 0. The van der Waals surface area contributed by atoms with Gasteiger partial charge in [0.1, 0.15) is 0 Å². The second-order valence-electron chi connectivity index (χ2n) is 4.86. The van der Waals surface area contributed by atoms with Gasteiger partial charge in [-0.25, -0.2) is 0 Å². The molecule has 1 aliphatic carbocycles. The Kier molecular flexibility index (Phi) is 4.37. The molecule has 1 unspecified atom stereocenters. The molecule has 0 spiro atoms. The van der Waals surface area contributed by atoms with Gasteiger partial charge in [-0.15, -0.1) is 11.3 Å². The number of rotatable bonds is 6. The van der Waals surface area contributed by atoms with Gasteiger partial charge < -0.3 is 10.4 Å². The molecule has 17 heavy (non-hydrogen) atoms. The van der Waals surface area contributed by atoms with E-state index in [0.717, 1.165) is 27.2 Å². The van der Waals surface area contributed by atoms with Gasteiger partial charge in [0.25, 0.3) is 0 Å². The molecule has 0 radical (unpaired) electrons. The molecule has 1 aromatic heterocycles. The summed E-state index contributed by atoms with van der Waals surface area (Å²) in [5, 5.41) is 12.5. The lowest BCUT2D eigenvalue weighted by molar-refractivity contribution is 0.243. The third-order valence-corrected chi connectivity index (χ3v) is 5.05. The molecule has 1 aliphatic rings. The zero-order valence-electron chi connectivity index (χ0n) is 9.80. The van der Waals surface area contributed by atoms with Gasteiger partial charge in [0.2, 0.25) is 0 Å². The van der Waals surface area contributed by atoms with E-state index >= 15 is 0 Å². The van der Waals surface area contributed by atoms with Crippen LogP contribution in [0.4, 0.5) is 0 Å². The highest BCUT2D eigenvalue weighted by atomic mass is 35.5. The van der Waals surface area contributed by atoms with Crippen LogP contribution < -0.4 is 5.32 Å². The quantitative estimate of drug-likeness (QED) is 0.835. The predicted octanol–water partition coefficient (Wildman–Crippen LogP) is 3.87. The molecule has 2 nitrogen and oxygen atoms in total. The largest absolute Gasteiger partial charge is 0.396 e. The number of aliphatic hydroxyl groups excluding tert-OH is 1. The summed E-state index contributed by atoms with van der Waals surface area (Å²) in [7, 11) is 0. The van der Waals surface area contributed by atoms with Gasteiger partial charge >= 0.3 is 0 Å². The standard InChI is InChI=1S/C12H17Cl2NOS/c1-8(9-6-10(13)17-11(9)14)15-7-12(2-3-12)4-5-16/h6,8,15-16H,2-5,7H2,1H3. The maximum atomic E-state index is 9.01. The first-order valence-electron chi connectivity index (χ1n) is 5.85. The van der Waals surface area contributed by atoms with Gasteiger partial charge in [0, 0.05) is 19.2 Å². The fourth-order valence-electron chi connectivity index (χ4n) is 2.06. The second-order valence-corrected chi connectivity index (χ2v) is 7.14. The molecule has 5 heteroatoms. The molecular formula is C12H17Cl2NOS. The molecule has 1 fully saturated rings. The fourth-order valence-corrected chi connectivity index (χ4v) is 3.70. The van der Waals surface area contributed by atoms with Crippen molar-refractivity contribution in [3.63, 3.8) is 0 Å². The molecule has 96 valence electrons. The van der Waals surface area contributed by atoms with Crippen LogP contribution in [-0.4, -0.2) is 18.3 Å². The predicted molar refractivity (Wildman–Crippen MR) is 74.1 cm³/mol. The van der Waals surface area contributed by atoms with Gasteiger partial charge in [-0.1, -0.05) is 23.2 Å². The molecule has 2 rings (SSSR count). The Bertz CT molecular complexity index is 390. The Morgan fingerprint density at radius 3 is 2.71 bits per heavy atom. The van der Waals surface area contributed by atoms with Gasteiger partial charge in [0.05, 0.1) is 8.67 Å². The average molecular weight is 294 g/mol. The molecule has 0 amide bonds. The summed E-state index contributed by atoms with van der Waals surface area (Å²) in [5.41, 5.74) is 1.40. The summed E-state index contributed by atoms with van der Waals surface area (Å²) in [4.78, 5) is 0. The van der Waals surface area contributed by atoms with Crippen molar-refractivity contribution in [1.82, 2.24) is 5.32 Å². The van der Waals surface area contributed by atoms with Gasteiger partial charge in [-0.2, -0.15) is 0 Å². The van der Waals surface area contributed by atoms with E-state index in [4.69, 9.17) is 28.3 Å². The van der Waals surface area contributed by atoms with Crippen molar-refractivity contribution >= 4 is 34.5 Å². The van der Waals surface area contributed by atoms with Crippen molar-refractivity contribution in [3.8, 4) is 0 Å². The first kappa shape index (κ1) is 13.6. The lowest BCUT2D eigenvalue weighted by Crippen LogP contribution is -2.27. The average Bonchev–Trinajstić information content (AvgIpc) is 2.95. The molecule has 0 aromatic carbocycles. The minimum atomic E-state index is 0.211. The van der Waals surface area contributed by atoms with Gasteiger partial charge in [-0.3, -0.25) is 0 Å². The van der Waals surface area contributed by atoms with Crippen LogP contribution in [0.2, 0.25) is 8.67 Å². The van der Waals surface area contributed by atoms with Crippen molar-refractivity contribution < 1.29 is 5.11 Å². The van der Waals surface area contributed by atoms with Gasteiger partial charge in [-0.05, 0) is 43.2 Å². The summed E-state index contributed by atoms with van der Waals surface area (Å²) < 4.78 is 1.50. The number of thiophene rings is 1. The van der Waals surface area contributed by atoms with Crippen LogP contribution in [0.5, 0.6) is 0 Å². The van der Waals surface area contributed by atoms with E-state index in [2.05, 4.69) is 12.2 Å². The summed E-state index contributed by atoms with van der Waals surface area (Å²) in [6.45, 7) is 3.32. The Hall–Kier alpha value is 0.200. The van der Waals surface area contributed by atoms with E-state index in [1.54, 1.807) is 0 Å². The lowest BCUT2D eigenvalue weighted by atomic mass is 10.0. The first-order chi connectivity index (χ1) is 8.06. The van der Waals surface area contributed by atoms with E-state index in [-0.39, 0.29) is 12.6 Å². The molecule has 0 bridgehead atoms. The summed E-state index contributed by atoms with van der Waals surface area (Å²) >= 11 is 13.5. The van der Waals surface area contributed by atoms with E-state index in [1.807, 2.05) is 6.07 Å². The Morgan fingerprint density at radius 2 is 2.24 bits per heavy atom. The van der Waals surface area contributed by atoms with Gasteiger partial charge in [0.15, 0.2) is 0 Å². The van der Waals surface area contributed by atoms with Crippen LogP contribution in [0.1, 0.15) is 37.8 Å². The van der Waals surface area contributed by atoms with E-state index in [0.29, 0.717) is 5.41 Å². The smallest absolute Gasteiger partial charge is 0.0991 e. The number of halogens is 2. The van der Waals surface area contributed by atoms with E-state index in [9.17, 15) is 0 Å². The summed E-state index contributed by atoms with van der Waals surface area (Å²) in [6, 6.07) is 2.14. The SMILES string of the molecule is CC(NCC1(CCO)CC1)c1cc(Cl)sc1Cl. The molecule has 1 atom stereocenters. The maximum absolute atomic E-state index is 9.01. The van der Waals surface area contributed by atoms with E-state index < -0.39 is 0 Å². The maximum Gasteiger partial charge on any atom is 0.0991 e. The molecule has 1 saturated carbocycles. The Morgan fingerprint density at radius 1 is 1.53 bits per heavy atom. The highest BCUT2D eigenvalue weighted by Crippen LogP contribution is 2.48. The van der Waals surface area contributed by atoms with Crippen LogP contribution in [0.25, 0.3) is 0 Å². The first-order valence-corrected chi connectivity index (χ1v) is 7.42. The number of nitrogens with one attached hydrogen (secondary N) is 1. The highest BCUT2D eigenvalue weighted by molar-refractivity contribution is 7.20. The highest BCUT2D eigenvalue weighted by Gasteiger charge is 2.41. The van der Waals surface area contributed by atoms with Crippen molar-refractivity contribution in [2.24, 2.45) is 5.41 Å². The third-order valence-electron chi connectivity index (χ3n) is 3.53. The summed E-state index contributed by atoms with van der Waals surface area (Å²) in [6.07, 6.45) is 3.32. The normalized spacial score (nSPS) is 19.3. The molecular weight excluding hydrogens is 277 g/mol. The molecule has 1 aromatic rings. The molecule has 2 N–H and O–H groups in total.